The summed E-state index contributed by atoms with van der Waals surface area (Å²) in [5.41, 5.74) is 3.35. The number of carbonyl (C=O) groups is 3. The number of nitrogens with one attached hydrogen (secondary N) is 4. The number of phenols is 1. The fourth-order valence-corrected chi connectivity index (χ4v) is 7.01. The SMILES string of the molecule is COc1ccc(CN[C@@H](C(=O)N[C@H]2c3ccccc3C[C@H]2O)[C@@H](O)[C@H](Cc2ccccc2)NC(=O)[C@@H](NC(=O)CCc2ccc(OC)c(O)c2)C(C)(C)C)cc1. The molecule has 1 aliphatic rings. The predicted octanol–water partition coefficient (Wildman–Crippen LogP) is 3.89. The standard InChI is InChI=1S/C44H54N4O8/c1-44(2,3)41(47-37(51)22-18-28-17-21-36(56-5)34(49)24-28)43(54)46-33(23-27-11-7-6-8-12-27)40(52)39(45-26-29-15-19-31(55-4)20-16-29)42(53)48-38-32-14-10-9-13-30(32)25-35(38)50/h6-17,19-21,24,33,35,38-41,45,49-50,52H,18,22-23,25-26H2,1-5H3,(H,46,54)(H,47,51)(H,48,53)/t33-,35+,38-,39+,40-,41+/m0/s1. The molecule has 12 nitrogen and oxygen atoms in total. The van der Waals surface area contributed by atoms with E-state index in [0.717, 1.165) is 27.8 Å². The van der Waals surface area contributed by atoms with Gasteiger partial charge in [-0.05, 0) is 70.3 Å². The van der Waals surface area contributed by atoms with Gasteiger partial charge < -0.3 is 40.7 Å². The van der Waals surface area contributed by atoms with Crippen LogP contribution in [-0.2, 0) is 40.2 Å². The first kappa shape index (κ1) is 41.7. The number of aliphatic hydroxyl groups excluding tert-OH is 2. The summed E-state index contributed by atoms with van der Waals surface area (Å²) in [4.78, 5) is 41.9. The number of fused-ring (bicyclic) bond motifs is 1. The number of phenolic OH excluding ortho intramolecular Hbond substituents is 1. The molecule has 0 saturated heterocycles. The number of aromatic hydroxyl groups is 1. The molecule has 0 spiro atoms. The van der Waals surface area contributed by atoms with Crippen LogP contribution in [0.4, 0.5) is 0 Å². The summed E-state index contributed by atoms with van der Waals surface area (Å²) < 4.78 is 10.4. The highest BCUT2D eigenvalue weighted by Gasteiger charge is 2.40. The molecule has 4 aromatic carbocycles. The first-order valence-corrected chi connectivity index (χ1v) is 18.9. The molecular weight excluding hydrogens is 713 g/mol. The molecule has 298 valence electrons. The number of carbonyl (C=O) groups excluding carboxylic acids is 3. The van der Waals surface area contributed by atoms with Gasteiger partial charge in [0.15, 0.2) is 11.5 Å². The molecule has 5 rings (SSSR count). The first-order valence-electron chi connectivity index (χ1n) is 18.9. The van der Waals surface area contributed by atoms with Gasteiger partial charge in [-0.25, -0.2) is 0 Å². The fourth-order valence-electron chi connectivity index (χ4n) is 7.01. The number of aryl methyl sites for hydroxylation is 1. The quantitative estimate of drug-likeness (QED) is 0.0840. The predicted molar refractivity (Wildman–Crippen MR) is 213 cm³/mol. The van der Waals surface area contributed by atoms with E-state index >= 15 is 0 Å². The van der Waals surface area contributed by atoms with Crippen molar-refractivity contribution >= 4 is 17.7 Å². The molecule has 0 unspecified atom stereocenters. The Morgan fingerprint density at radius 3 is 2.16 bits per heavy atom. The van der Waals surface area contributed by atoms with E-state index in [2.05, 4.69) is 21.3 Å². The molecule has 0 bridgehead atoms. The maximum absolute atomic E-state index is 14.3. The zero-order valence-corrected chi connectivity index (χ0v) is 32.6. The van der Waals surface area contributed by atoms with Gasteiger partial charge in [-0.2, -0.15) is 0 Å². The lowest BCUT2D eigenvalue weighted by atomic mass is 9.85. The third-order valence-electron chi connectivity index (χ3n) is 10.2. The van der Waals surface area contributed by atoms with Crippen molar-refractivity contribution in [2.24, 2.45) is 5.41 Å². The zero-order chi connectivity index (χ0) is 40.4. The van der Waals surface area contributed by atoms with Gasteiger partial charge >= 0.3 is 0 Å². The van der Waals surface area contributed by atoms with Gasteiger partial charge in [0.1, 0.15) is 17.8 Å². The van der Waals surface area contributed by atoms with Crippen molar-refractivity contribution in [1.82, 2.24) is 21.3 Å². The van der Waals surface area contributed by atoms with Gasteiger partial charge in [-0.1, -0.05) is 93.6 Å². The van der Waals surface area contributed by atoms with Crippen LogP contribution in [0, 0.1) is 5.41 Å². The van der Waals surface area contributed by atoms with Crippen molar-refractivity contribution in [1.29, 1.82) is 0 Å². The topological polar surface area (TPSA) is 178 Å². The summed E-state index contributed by atoms with van der Waals surface area (Å²) in [7, 11) is 3.03. The van der Waals surface area contributed by atoms with Crippen molar-refractivity contribution in [2.45, 2.75) is 89.4 Å². The number of rotatable bonds is 17. The minimum Gasteiger partial charge on any atom is -0.504 e. The van der Waals surface area contributed by atoms with Crippen LogP contribution >= 0.6 is 0 Å². The third-order valence-corrected chi connectivity index (χ3v) is 10.2. The van der Waals surface area contributed by atoms with Crippen molar-refractivity contribution in [3.05, 3.63) is 125 Å². The largest absolute Gasteiger partial charge is 0.504 e. The summed E-state index contributed by atoms with van der Waals surface area (Å²) in [6.07, 6.45) is -1.42. The molecule has 0 aromatic heterocycles. The van der Waals surface area contributed by atoms with Crippen molar-refractivity contribution in [3.63, 3.8) is 0 Å². The Balaban J connectivity index is 1.39. The Morgan fingerprint density at radius 1 is 0.821 bits per heavy atom. The average molecular weight is 767 g/mol. The second kappa shape index (κ2) is 18.9. The summed E-state index contributed by atoms with van der Waals surface area (Å²) >= 11 is 0. The molecule has 12 heteroatoms. The van der Waals surface area contributed by atoms with E-state index in [1.54, 1.807) is 31.4 Å². The van der Waals surface area contributed by atoms with E-state index in [-0.39, 0.29) is 31.0 Å². The van der Waals surface area contributed by atoms with Crippen LogP contribution in [0.1, 0.15) is 61.1 Å². The van der Waals surface area contributed by atoms with Gasteiger partial charge in [0, 0.05) is 19.4 Å². The van der Waals surface area contributed by atoms with Gasteiger partial charge in [0.25, 0.3) is 0 Å². The van der Waals surface area contributed by atoms with E-state index in [1.165, 1.54) is 13.2 Å². The molecule has 0 saturated carbocycles. The van der Waals surface area contributed by atoms with E-state index in [1.807, 2.05) is 87.5 Å². The van der Waals surface area contributed by atoms with Gasteiger partial charge in [-0.15, -0.1) is 0 Å². The highest BCUT2D eigenvalue weighted by molar-refractivity contribution is 5.89. The third kappa shape index (κ3) is 10.9. The second-order valence-corrected chi connectivity index (χ2v) is 15.3. The van der Waals surface area contributed by atoms with Gasteiger partial charge in [-0.3, -0.25) is 19.7 Å². The van der Waals surface area contributed by atoms with E-state index in [0.29, 0.717) is 24.3 Å². The van der Waals surface area contributed by atoms with Crippen LogP contribution in [0.5, 0.6) is 17.2 Å². The Hall–Kier alpha value is -5.43. The minimum absolute atomic E-state index is 0.0323. The van der Waals surface area contributed by atoms with Crippen LogP contribution in [0.3, 0.4) is 0 Å². The summed E-state index contributed by atoms with van der Waals surface area (Å²) in [5.74, 6) is -0.485. The molecule has 1 aliphatic carbocycles. The molecule has 0 aliphatic heterocycles. The number of aliphatic hydroxyl groups is 2. The monoisotopic (exact) mass is 766 g/mol. The van der Waals surface area contributed by atoms with E-state index < -0.39 is 53.6 Å². The molecule has 4 aromatic rings. The summed E-state index contributed by atoms with van der Waals surface area (Å²) in [5, 5.41) is 45.5. The minimum atomic E-state index is -1.47. The number of hydrogen-bond donors (Lipinski definition) is 7. The lowest BCUT2D eigenvalue weighted by molar-refractivity contribution is -0.134. The average Bonchev–Trinajstić information content (AvgIpc) is 3.49. The van der Waals surface area contributed by atoms with Crippen LogP contribution in [0.2, 0.25) is 0 Å². The van der Waals surface area contributed by atoms with Crippen LogP contribution in [0.25, 0.3) is 0 Å². The molecule has 3 amide bonds. The van der Waals surface area contributed by atoms with Gasteiger partial charge in [0.05, 0.1) is 38.5 Å². The lowest BCUT2D eigenvalue weighted by Crippen LogP contribution is -2.62. The lowest BCUT2D eigenvalue weighted by Gasteiger charge is -2.35. The second-order valence-electron chi connectivity index (χ2n) is 15.3. The molecule has 0 heterocycles. The Kier molecular flexibility index (Phi) is 14.1. The molecule has 7 N–H and O–H groups in total. The smallest absolute Gasteiger partial charge is 0.243 e. The van der Waals surface area contributed by atoms with Gasteiger partial charge in [0.2, 0.25) is 17.7 Å². The Morgan fingerprint density at radius 2 is 1.50 bits per heavy atom. The maximum atomic E-state index is 14.3. The fraction of sp³-hybridized carbons (Fsp3) is 0.386. The van der Waals surface area contributed by atoms with E-state index in [9.17, 15) is 29.7 Å². The first-order chi connectivity index (χ1) is 26.8. The molecular formula is C44H54N4O8. The van der Waals surface area contributed by atoms with Crippen LogP contribution < -0.4 is 30.7 Å². The number of hydrogen-bond acceptors (Lipinski definition) is 9. The summed E-state index contributed by atoms with van der Waals surface area (Å²) in [6, 6.07) is 25.1. The number of benzene rings is 4. The highest BCUT2D eigenvalue weighted by atomic mass is 16.5. The summed E-state index contributed by atoms with van der Waals surface area (Å²) in [6.45, 7) is 5.69. The van der Waals surface area contributed by atoms with Crippen LogP contribution in [-0.4, -0.2) is 77.6 Å². The maximum Gasteiger partial charge on any atom is 0.243 e. The van der Waals surface area contributed by atoms with E-state index in [4.69, 9.17) is 9.47 Å². The Bertz CT molecular complexity index is 1930. The van der Waals surface area contributed by atoms with Crippen molar-refractivity contribution in [3.8, 4) is 17.2 Å². The van der Waals surface area contributed by atoms with Crippen molar-refractivity contribution in [2.75, 3.05) is 14.2 Å². The highest BCUT2D eigenvalue weighted by Crippen LogP contribution is 2.32. The zero-order valence-electron chi connectivity index (χ0n) is 32.6. The molecule has 0 fully saturated rings. The molecule has 56 heavy (non-hydrogen) atoms. The molecule has 0 radical (unpaired) electrons. The number of ether oxygens (including phenoxy) is 2. The number of methoxy groups -OCH3 is 2. The molecule has 6 atom stereocenters. The Labute approximate surface area is 328 Å². The van der Waals surface area contributed by atoms with Crippen molar-refractivity contribution < 1.29 is 39.2 Å². The normalized spacial score (nSPS) is 17.1. The number of amides is 3. The van der Waals surface area contributed by atoms with Crippen LogP contribution in [0.15, 0.2) is 97.1 Å².